The predicted molar refractivity (Wildman–Crippen MR) is 102 cm³/mol. The highest BCUT2D eigenvalue weighted by Crippen LogP contribution is 2.28. The van der Waals surface area contributed by atoms with Crippen LogP contribution in [-0.2, 0) is 4.79 Å². The van der Waals surface area contributed by atoms with Crippen molar-refractivity contribution in [1.29, 1.82) is 0 Å². The Morgan fingerprint density at radius 2 is 1.70 bits per heavy atom. The van der Waals surface area contributed by atoms with Gasteiger partial charge in [-0.1, -0.05) is 20.3 Å². The zero-order valence-corrected chi connectivity index (χ0v) is 16.3. The van der Waals surface area contributed by atoms with Crippen molar-refractivity contribution in [2.24, 2.45) is 17.6 Å². The van der Waals surface area contributed by atoms with Crippen molar-refractivity contribution in [3.05, 3.63) is 0 Å². The maximum Gasteiger partial charge on any atom is 0.222 e. The van der Waals surface area contributed by atoms with Gasteiger partial charge in [0.1, 0.15) is 0 Å². The quantitative estimate of drug-likeness (QED) is 0.784. The fraction of sp³-hybridized carbons (Fsp3) is 0.941. The molecule has 1 saturated carbocycles. The number of rotatable bonds is 6. The van der Waals surface area contributed by atoms with E-state index < -0.39 is 0 Å². The van der Waals surface area contributed by atoms with E-state index in [1.165, 1.54) is 25.8 Å². The number of nitrogens with two attached hydrogens (primary N) is 1. The van der Waals surface area contributed by atoms with Gasteiger partial charge in [0.05, 0.1) is 0 Å². The number of halogens is 2. The number of hydrogen-bond acceptors (Lipinski definition) is 3. The molecular weight excluding hydrogens is 333 g/mol. The standard InChI is InChI=1S/C17H33N3O.2ClH/c1-3-19(4-2)13-14-8-10-20(11-9-14)17(21)12-15-6-5-7-16(15)18;;/h14-16H,3-13,18H2,1-2H3;2*1H/t15-,16+;;/m0../s1. The normalized spacial score (nSPS) is 25.1. The Morgan fingerprint density at radius 3 is 2.17 bits per heavy atom. The van der Waals surface area contributed by atoms with E-state index in [1.54, 1.807) is 0 Å². The van der Waals surface area contributed by atoms with Gasteiger partial charge in [0.25, 0.3) is 0 Å². The third kappa shape index (κ3) is 6.77. The molecule has 1 aliphatic carbocycles. The van der Waals surface area contributed by atoms with E-state index in [-0.39, 0.29) is 30.9 Å². The SMILES string of the molecule is CCN(CC)CC1CCN(C(=O)C[C@@H]2CCC[C@H]2N)CC1.Cl.Cl. The first kappa shape index (κ1) is 23.0. The minimum Gasteiger partial charge on any atom is -0.343 e. The summed E-state index contributed by atoms with van der Waals surface area (Å²) < 4.78 is 0. The van der Waals surface area contributed by atoms with E-state index in [2.05, 4.69) is 23.6 Å². The Balaban J connectivity index is 0.00000242. The third-order valence-electron chi connectivity index (χ3n) is 5.53. The summed E-state index contributed by atoms with van der Waals surface area (Å²) in [6.45, 7) is 9.83. The van der Waals surface area contributed by atoms with Crippen LogP contribution in [-0.4, -0.2) is 54.5 Å². The van der Waals surface area contributed by atoms with Crippen molar-refractivity contribution in [2.45, 2.75) is 58.4 Å². The number of piperidine rings is 1. The molecule has 4 nitrogen and oxygen atoms in total. The molecule has 0 bridgehead atoms. The average molecular weight is 368 g/mol. The molecule has 0 unspecified atom stereocenters. The Morgan fingerprint density at radius 1 is 1.09 bits per heavy atom. The minimum atomic E-state index is 0. The van der Waals surface area contributed by atoms with Crippen molar-refractivity contribution in [2.75, 3.05) is 32.7 Å². The summed E-state index contributed by atoms with van der Waals surface area (Å²) in [6, 6.07) is 0.258. The molecule has 1 saturated heterocycles. The second-order valence-corrected chi connectivity index (χ2v) is 6.87. The Hall–Kier alpha value is -0.0300. The molecule has 138 valence electrons. The van der Waals surface area contributed by atoms with Crippen LogP contribution >= 0.6 is 24.8 Å². The molecule has 1 heterocycles. The topological polar surface area (TPSA) is 49.6 Å². The average Bonchev–Trinajstić information content (AvgIpc) is 2.90. The molecule has 2 fully saturated rings. The minimum absolute atomic E-state index is 0. The van der Waals surface area contributed by atoms with Crippen molar-refractivity contribution in [3.8, 4) is 0 Å². The van der Waals surface area contributed by atoms with E-state index in [0.29, 0.717) is 18.2 Å². The monoisotopic (exact) mass is 367 g/mol. The van der Waals surface area contributed by atoms with Gasteiger partial charge in [0.2, 0.25) is 5.91 Å². The highest BCUT2D eigenvalue weighted by atomic mass is 35.5. The Bertz CT molecular complexity index is 332. The molecule has 2 atom stereocenters. The van der Waals surface area contributed by atoms with Gasteiger partial charge < -0.3 is 15.5 Å². The van der Waals surface area contributed by atoms with Gasteiger partial charge in [-0.15, -0.1) is 24.8 Å². The summed E-state index contributed by atoms with van der Waals surface area (Å²) >= 11 is 0. The first-order valence-electron chi connectivity index (χ1n) is 8.89. The molecule has 0 radical (unpaired) electrons. The number of carbonyl (C=O) groups is 1. The number of hydrogen-bond donors (Lipinski definition) is 1. The zero-order chi connectivity index (χ0) is 15.2. The Kier molecular flexibility index (Phi) is 11.5. The molecule has 1 amide bonds. The molecule has 1 aliphatic heterocycles. The third-order valence-corrected chi connectivity index (χ3v) is 5.53. The summed E-state index contributed by atoms with van der Waals surface area (Å²) in [5, 5.41) is 0. The van der Waals surface area contributed by atoms with Crippen LogP contribution in [0.2, 0.25) is 0 Å². The van der Waals surface area contributed by atoms with Crippen molar-refractivity contribution >= 4 is 30.7 Å². The van der Waals surface area contributed by atoms with Crippen LogP contribution in [0.4, 0.5) is 0 Å². The summed E-state index contributed by atoms with van der Waals surface area (Å²) in [5.74, 6) is 1.55. The molecule has 23 heavy (non-hydrogen) atoms. The van der Waals surface area contributed by atoms with E-state index >= 15 is 0 Å². The summed E-state index contributed by atoms with van der Waals surface area (Å²) in [6.07, 6.45) is 6.46. The highest BCUT2D eigenvalue weighted by Gasteiger charge is 2.29. The molecule has 0 aromatic heterocycles. The summed E-state index contributed by atoms with van der Waals surface area (Å²) in [4.78, 5) is 17.0. The molecule has 0 spiro atoms. The second kappa shape index (κ2) is 11.5. The van der Waals surface area contributed by atoms with Gasteiger partial charge in [-0.25, -0.2) is 0 Å². The lowest BCUT2D eigenvalue weighted by molar-refractivity contribution is -0.133. The molecule has 6 heteroatoms. The van der Waals surface area contributed by atoms with E-state index in [9.17, 15) is 4.79 Å². The highest BCUT2D eigenvalue weighted by molar-refractivity contribution is 5.85. The van der Waals surface area contributed by atoms with Gasteiger partial charge in [-0.2, -0.15) is 0 Å². The van der Waals surface area contributed by atoms with Crippen molar-refractivity contribution in [1.82, 2.24) is 9.80 Å². The van der Waals surface area contributed by atoms with Crippen LogP contribution in [0.1, 0.15) is 52.4 Å². The molecule has 0 aromatic carbocycles. The first-order valence-corrected chi connectivity index (χ1v) is 8.89. The zero-order valence-electron chi connectivity index (χ0n) is 14.7. The first-order chi connectivity index (χ1) is 10.1. The van der Waals surface area contributed by atoms with Crippen LogP contribution in [0.15, 0.2) is 0 Å². The fourth-order valence-electron chi connectivity index (χ4n) is 3.88. The number of carbonyl (C=O) groups excluding carboxylic acids is 1. The number of likely N-dealkylation sites (tertiary alicyclic amines) is 1. The summed E-state index contributed by atoms with van der Waals surface area (Å²) in [5.41, 5.74) is 6.09. The number of nitrogens with zero attached hydrogens (tertiary/aromatic N) is 2. The smallest absolute Gasteiger partial charge is 0.222 e. The molecular formula is C17H35Cl2N3O. The molecule has 2 aliphatic rings. The number of amides is 1. The van der Waals surface area contributed by atoms with E-state index in [1.807, 2.05) is 0 Å². The van der Waals surface area contributed by atoms with Crippen LogP contribution < -0.4 is 5.73 Å². The van der Waals surface area contributed by atoms with Gasteiger partial charge in [0, 0.05) is 32.1 Å². The van der Waals surface area contributed by atoms with Crippen LogP contribution in [0.3, 0.4) is 0 Å². The predicted octanol–water partition coefficient (Wildman–Crippen LogP) is 2.93. The molecule has 2 N–H and O–H groups in total. The van der Waals surface area contributed by atoms with Gasteiger partial charge in [0.15, 0.2) is 0 Å². The maximum absolute atomic E-state index is 12.4. The molecule has 0 aromatic rings. The maximum atomic E-state index is 12.4. The van der Waals surface area contributed by atoms with Gasteiger partial charge >= 0.3 is 0 Å². The van der Waals surface area contributed by atoms with Crippen LogP contribution in [0.25, 0.3) is 0 Å². The lowest BCUT2D eigenvalue weighted by atomic mass is 9.94. The van der Waals surface area contributed by atoms with Crippen molar-refractivity contribution in [3.63, 3.8) is 0 Å². The van der Waals surface area contributed by atoms with E-state index in [4.69, 9.17) is 5.73 Å². The summed E-state index contributed by atoms with van der Waals surface area (Å²) in [7, 11) is 0. The van der Waals surface area contributed by atoms with Gasteiger partial charge in [-0.05, 0) is 50.6 Å². The van der Waals surface area contributed by atoms with E-state index in [0.717, 1.165) is 44.9 Å². The van der Waals surface area contributed by atoms with Gasteiger partial charge in [-0.3, -0.25) is 4.79 Å². The molecule has 2 rings (SSSR count). The Labute approximate surface area is 154 Å². The largest absolute Gasteiger partial charge is 0.343 e. The fourth-order valence-corrected chi connectivity index (χ4v) is 3.88. The van der Waals surface area contributed by atoms with Crippen molar-refractivity contribution < 1.29 is 4.79 Å². The second-order valence-electron chi connectivity index (χ2n) is 6.87. The van der Waals surface area contributed by atoms with Crippen LogP contribution in [0.5, 0.6) is 0 Å². The van der Waals surface area contributed by atoms with Crippen LogP contribution in [0, 0.1) is 11.8 Å². The lowest BCUT2D eigenvalue weighted by Crippen LogP contribution is -2.42. The lowest BCUT2D eigenvalue weighted by Gasteiger charge is -2.35.